The number of carbonyl (C=O) groups is 2. The molecule has 1 aromatic carbocycles. The molecule has 1 aromatic rings. The van der Waals surface area contributed by atoms with Crippen molar-refractivity contribution in [1.29, 1.82) is 0 Å². The first-order valence-electron chi connectivity index (χ1n) is 12.9. The highest BCUT2D eigenvalue weighted by atomic mass is 16.7. The van der Waals surface area contributed by atoms with Crippen molar-refractivity contribution in [2.24, 2.45) is 5.92 Å². The van der Waals surface area contributed by atoms with Crippen molar-refractivity contribution < 1.29 is 28.7 Å². The molecule has 2 N–H and O–H groups in total. The number of hydrogen-bond donors (Lipinski definition) is 2. The fourth-order valence-electron chi connectivity index (χ4n) is 4.98. The molecule has 1 saturated carbocycles. The zero-order valence-corrected chi connectivity index (χ0v) is 23.1. The van der Waals surface area contributed by atoms with Crippen LogP contribution in [0.15, 0.2) is 24.3 Å². The number of rotatable bonds is 7. The predicted octanol–water partition coefficient (Wildman–Crippen LogP) is 5.24. The lowest BCUT2D eigenvalue weighted by Gasteiger charge is -2.36. The number of carbonyl (C=O) groups excluding carboxylic acids is 1. The van der Waals surface area contributed by atoms with E-state index in [0.717, 1.165) is 42.3 Å². The number of aryl methyl sites for hydroxylation is 1. The van der Waals surface area contributed by atoms with Gasteiger partial charge in [-0.25, -0.2) is 9.59 Å². The molecule has 1 saturated heterocycles. The molecular formula is C28H42BNO6. The lowest BCUT2D eigenvalue weighted by molar-refractivity contribution is -0.147. The molecule has 1 atom stereocenters. The maximum absolute atomic E-state index is 12.7. The fraction of sp³-hybridized carbons (Fsp3) is 0.643. The molecule has 7 nitrogen and oxygen atoms in total. The van der Waals surface area contributed by atoms with Gasteiger partial charge >= 0.3 is 19.2 Å². The zero-order valence-electron chi connectivity index (χ0n) is 23.1. The number of nitrogens with one attached hydrogen (secondary N) is 1. The Balaban J connectivity index is 1.85. The van der Waals surface area contributed by atoms with Crippen LogP contribution < -0.4 is 10.8 Å². The van der Waals surface area contributed by atoms with E-state index in [4.69, 9.17) is 14.0 Å². The Bertz CT molecular complexity index is 990. The van der Waals surface area contributed by atoms with Gasteiger partial charge in [-0.15, -0.1) is 0 Å². The van der Waals surface area contributed by atoms with Crippen LogP contribution in [-0.4, -0.2) is 46.6 Å². The van der Waals surface area contributed by atoms with Crippen molar-refractivity contribution >= 4 is 30.7 Å². The lowest BCUT2D eigenvalue weighted by atomic mass is 9.77. The highest BCUT2D eigenvalue weighted by Gasteiger charge is 2.52. The van der Waals surface area contributed by atoms with Gasteiger partial charge in [-0.05, 0) is 91.6 Å². The molecule has 3 rings (SSSR count). The Labute approximate surface area is 216 Å². The van der Waals surface area contributed by atoms with Crippen LogP contribution in [0.25, 0.3) is 6.08 Å². The van der Waals surface area contributed by atoms with Crippen LogP contribution in [0.5, 0.6) is 0 Å². The number of aliphatic carboxylic acids is 1. The number of amides is 1. The van der Waals surface area contributed by atoms with Crippen LogP contribution in [0, 0.1) is 12.8 Å². The van der Waals surface area contributed by atoms with E-state index in [1.54, 1.807) is 20.8 Å². The summed E-state index contributed by atoms with van der Waals surface area (Å²) in [7, 11) is -0.479. The van der Waals surface area contributed by atoms with Gasteiger partial charge in [0.2, 0.25) is 0 Å². The third-order valence-corrected chi connectivity index (χ3v) is 7.56. The standard InChI is InChI=1S/C28H42BNO6/c1-19-16-20(18-22(17-19)29-35-26(5,6)27(7,8)36-29)12-11-15-28(23(31)32,21-13-9-10-14-21)30-24(33)34-25(2,3)4/h11-12,16-18,21H,9-10,13-15H2,1-8H3,(H,30,33)(H,31,32)/t28-/m0/s1. The van der Waals surface area contributed by atoms with Gasteiger partial charge in [0.25, 0.3) is 0 Å². The molecule has 1 aliphatic heterocycles. The van der Waals surface area contributed by atoms with Crippen LogP contribution in [-0.2, 0) is 18.8 Å². The number of ether oxygens (including phenoxy) is 1. The van der Waals surface area contributed by atoms with E-state index in [-0.39, 0.29) is 12.3 Å². The van der Waals surface area contributed by atoms with Crippen molar-refractivity contribution in [3.05, 3.63) is 35.4 Å². The summed E-state index contributed by atoms with van der Waals surface area (Å²) >= 11 is 0. The summed E-state index contributed by atoms with van der Waals surface area (Å²) in [4.78, 5) is 25.3. The molecule has 2 aliphatic rings. The topological polar surface area (TPSA) is 94.1 Å². The highest BCUT2D eigenvalue weighted by Crippen LogP contribution is 2.38. The minimum Gasteiger partial charge on any atom is -0.479 e. The summed E-state index contributed by atoms with van der Waals surface area (Å²) in [6.07, 6.45) is 6.62. The van der Waals surface area contributed by atoms with Crippen molar-refractivity contribution in [1.82, 2.24) is 5.32 Å². The largest absolute Gasteiger partial charge is 0.494 e. The van der Waals surface area contributed by atoms with Crippen molar-refractivity contribution in [2.75, 3.05) is 0 Å². The SMILES string of the molecule is Cc1cc(C=CC[C@@](NC(=O)OC(C)(C)C)(C(=O)O)C2CCCC2)cc(B2OC(C)(C)C(C)(C)O2)c1. The first-order valence-corrected chi connectivity index (χ1v) is 12.9. The summed E-state index contributed by atoms with van der Waals surface area (Å²) in [5, 5.41) is 13.1. The van der Waals surface area contributed by atoms with E-state index in [1.807, 2.05) is 65.0 Å². The molecule has 1 aliphatic carbocycles. The third-order valence-electron chi connectivity index (χ3n) is 7.56. The molecule has 0 aromatic heterocycles. The van der Waals surface area contributed by atoms with E-state index < -0.39 is 41.5 Å². The van der Waals surface area contributed by atoms with E-state index in [1.165, 1.54) is 0 Å². The molecule has 1 amide bonds. The summed E-state index contributed by atoms with van der Waals surface area (Å²) in [5.74, 6) is -1.20. The van der Waals surface area contributed by atoms with Gasteiger partial charge in [0, 0.05) is 0 Å². The van der Waals surface area contributed by atoms with Gasteiger partial charge in [-0.2, -0.15) is 0 Å². The second kappa shape index (κ2) is 10.2. The fourth-order valence-corrected chi connectivity index (χ4v) is 4.98. The number of hydrogen-bond acceptors (Lipinski definition) is 5. The molecule has 0 radical (unpaired) electrons. The molecular weight excluding hydrogens is 457 g/mol. The van der Waals surface area contributed by atoms with Crippen LogP contribution >= 0.6 is 0 Å². The van der Waals surface area contributed by atoms with E-state index in [9.17, 15) is 14.7 Å². The van der Waals surface area contributed by atoms with Gasteiger partial charge in [0.1, 0.15) is 11.1 Å². The van der Waals surface area contributed by atoms with Crippen LogP contribution in [0.2, 0.25) is 0 Å². The number of alkyl carbamates (subject to hydrolysis) is 1. The normalized spacial score (nSPS) is 21.5. The first kappa shape index (κ1) is 28.3. The maximum Gasteiger partial charge on any atom is 0.494 e. The summed E-state index contributed by atoms with van der Waals surface area (Å²) in [6.45, 7) is 15.4. The summed E-state index contributed by atoms with van der Waals surface area (Å²) < 4.78 is 17.9. The smallest absolute Gasteiger partial charge is 0.479 e. The molecule has 8 heteroatoms. The Morgan fingerprint density at radius 1 is 1.11 bits per heavy atom. The monoisotopic (exact) mass is 499 g/mol. The molecule has 0 unspecified atom stereocenters. The quantitative estimate of drug-likeness (QED) is 0.499. The second-order valence-corrected chi connectivity index (χ2v) is 12.3. The number of carboxylic acid groups (broad SMARTS) is 1. The van der Waals surface area contributed by atoms with Gasteiger partial charge in [-0.3, -0.25) is 0 Å². The number of benzene rings is 1. The molecule has 36 heavy (non-hydrogen) atoms. The Hall–Kier alpha value is -2.32. The lowest BCUT2D eigenvalue weighted by Crippen LogP contribution is -2.59. The van der Waals surface area contributed by atoms with Crippen LogP contribution in [0.1, 0.15) is 91.7 Å². The zero-order chi connectivity index (χ0) is 26.9. The molecule has 2 fully saturated rings. The molecule has 198 valence electrons. The van der Waals surface area contributed by atoms with Crippen LogP contribution in [0.4, 0.5) is 4.79 Å². The van der Waals surface area contributed by atoms with Crippen molar-refractivity contribution in [2.45, 2.75) is 110 Å². The molecule has 0 bridgehead atoms. The minimum atomic E-state index is -1.42. The van der Waals surface area contributed by atoms with E-state index >= 15 is 0 Å². The molecule has 0 spiro atoms. The summed E-state index contributed by atoms with van der Waals surface area (Å²) in [5.41, 5.74) is -0.128. The van der Waals surface area contributed by atoms with Crippen LogP contribution in [0.3, 0.4) is 0 Å². The van der Waals surface area contributed by atoms with Crippen molar-refractivity contribution in [3.63, 3.8) is 0 Å². The average molecular weight is 499 g/mol. The van der Waals surface area contributed by atoms with E-state index in [2.05, 4.69) is 5.32 Å². The first-order chi connectivity index (χ1) is 16.5. The Morgan fingerprint density at radius 3 is 2.22 bits per heavy atom. The Morgan fingerprint density at radius 2 is 1.69 bits per heavy atom. The third kappa shape index (κ3) is 6.32. The second-order valence-electron chi connectivity index (χ2n) is 12.3. The predicted molar refractivity (Wildman–Crippen MR) is 142 cm³/mol. The average Bonchev–Trinajstić information content (AvgIpc) is 3.32. The minimum absolute atomic E-state index is 0.159. The van der Waals surface area contributed by atoms with Gasteiger partial charge in [0.05, 0.1) is 11.2 Å². The Kier molecular flexibility index (Phi) is 8.02. The van der Waals surface area contributed by atoms with Gasteiger partial charge in [0.15, 0.2) is 0 Å². The number of carboxylic acids is 1. The highest BCUT2D eigenvalue weighted by molar-refractivity contribution is 6.62. The van der Waals surface area contributed by atoms with Crippen molar-refractivity contribution in [3.8, 4) is 0 Å². The van der Waals surface area contributed by atoms with Gasteiger partial charge in [-0.1, -0.05) is 48.8 Å². The maximum atomic E-state index is 12.7. The van der Waals surface area contributed by atoms with Gasteiger partial charge < -0.3 is 24.5 Å². The van der Waals surface area contributed by atoms with E-state index in [0.29, 0.717) is 0 Å². The summed E-state index contributed by atoms with van der Waals surface area (Å²) in [6, 6.07) is 6.08. The molecule has 1 heterocycles.